The van der Waals surface area contributed by atoms with E-state index in [-0.39, 0.29) is 12.7 Å². The summed E-state index contributed by atoms with van der Waals surface area (Å²) in [6.07, 6.45) is 3.32. The van der Waals surface area contributed by atoms with Crippen molar-refractivity contribution < 1.29 is 19.7 Å². The molecule has 0 spiro atoms. The highest BCUT2D eigenvalue weighted by Gasteiger charge is 1.95. The first-order valence-corrected chi connectivity index (χ1v) is 5.71. The zero-order valence-electron chi connectivity index (χ0n) is 9.65. The lowest BCUT2D eigenvalue weighted by Crippen LogP contribution is -2.11. The summed E-state index contributed by atoms with van der Waals surface area (Å²) in [4.78, 5) is 0. The summed E-state index contributed by atoms with van der Waals surface area (Å²) >= 11 is 0. The van der Waals surface area contributed by atoms with Crippen molar-refractivity contribution in [2.75, 3.05) is 33.0 Å². The second kappa shape index (κ2) is 11.9. The van der Waals surface area contributed by atoms with Gasteiger partial charge in [-0.2, -0.15) is 0 Å². The summed E-state index contributed by atoms with van der Waals surface area (Å²) in [6.45, 7) is 4.54. The smallest absolute Gasteiger partial charge is 0.0745 e. The second-order valence-electron chi connectivity index (χ2n) is 3.67. The second-order valence-corrected chi connectivity index (χ2v) is 3.67. The number of hydrogen-bond acceptors (Lipinski definition) is 4. The molecular weight excluding hydrogens is 196 g/mol. The maximum atomic E-state index is 8.91. The fourth-order valence-corrected chi connectivity index (χ4v) is 1.08. The SMILES string of the molecule is CC(O)COCCCCOCCCCO. The molecule has 0 aromatic rings. The van der Waals surface area contributed by atoms with Gasteiger partial charge in [-0.25, -0.2) is 0 Å². The van der Waals surface area contributed by atoms with E-state index in [2.05, 4.69) is 0 Å². The summed E-state index contributed by atoms with van der Waals surface area (Å²) in [7, 11) is 0. The molecule has 92 valence electrons. The third-order valence-electron chi connectivity index (χ3n) is 1.88. The maximum absolute atomic E-state index is 8.91. The fourth-order valence-electron chi connectivity index (χ4n) is 1.08. The fraction of sp³-hybridized carbons (Fsp3) is 1.00. The van der Waals surface area contributed by atoms with E-state index in [1.165, 1.54) is 0 Å². The molecule has 0 amide bonds. The number of hydrogen-bond donors (Lipinski definition) is 2. The van der Waals surface area contributed by atoms with Crippen molar-refractivity contribution in [1.82, 2.24) is 0 Å². The summed E-state index contributed by atoms with van der Waals surface area (Å²) in [5.41, 5.74) is 0. The van der Waals surface area contributed by atoms with Crippen LogP contribution >= 0.6 is 0 Å². The quantitative estimate of drug-likeness (QED) is 0.509. The average Bonchev–Trinajstić information content (AvgIpc) is 2.20. The van der Waals surface area contributed by atoms with Crippen LogP contribution in [-0.4, -0.2) is 49.4 Å². The number of ether oxygens (including phenoxy) is 2. The Hall–Kier alpha value is -0.160. The molecule has 4 heteroatoms. The van der Waals surface area contributed by atoms with Gasteiger partial charge in [-0.15, -0.1) is 0 Å². The van der Waals surface area contributed by atoms with Crippen LogP contribution in [0.2, 0.25) is 0 Å². The predicted molar refractivity (Wildman–Crippen MR) is 58.9 cm³/mol. The van der Waals surface area contributed by atoms with Gasteiger partial charge in [0.2, 0.25) is 0 Å². The van der Waals surface area contributed by atoms with Gasteiger partial charge in [0.1, 0.15) is 0 Å². The number of rotatable bonds is 11. The Kier molecular flexibility index (Phi) is 11.8. The van der Waals surface area contributed by atoms with Crippen LogP contribution in [-0.2, 0) is 9.47 Å². The van der Waals surface area contributed by atoms with Gasteiger partial charge in [0.15, 0.2) is 0 Å². The van der Waals surface area contributed by atoms with E-state index in [4.69, 9.17) is 19.7 Å². The van der Waals surface area contributed by atoms with Crippen LogP contribution in [0.5, 0.6) is 0 Å². The van der Waals surface area contributed by atoms with Crippen molar-refractivity contribution in [3.8, 4) is 0 Å². The largest absolute Gasteiger partial charge is 0.396 e. The minimum atomic E-state index is -0.375. The van der Waals surface area contributed by atoms with E-state index in [0.29, 0.717) is 13.2 Å². The zero-order chi connectivity index (χ0) is 11.4. The molecule has 0 saturated carbocycles. The van der Waals surface area contributed by atoms with E-state index in [1.54, 1.807) is 6.92 Å². The Morgan fingerprint density at radius 2 is 1.47 bits per heavy atom. The molecule has 0 aliphatic rings. The van der Waals surface area contributed by atoms with Crippen LogP contribution in [0.1, 0.15) is 32.6 Å². The highest BCUT2D eigenvalue weighted by atomic mass is 16.5. The molecule has 0 fully saturated rings. The van der Waals surface area contributed by atoms with Crippen molar-refractivity contribution >= 4 is 0 Å². The van der Waals surface area contributed by atoms with Crippen molar-refractivity contribution in [1.29, 1.82) is 0 Å². The Morgan fingerprint density at radius 1 is 0.933 bits per heavy atom. The molecule has 0 aliphatic heterocycles. The highest BCUT2D eigenvalue weighted by Crippen LogP contribution is 1.95. The van der Waals surface area contributed by atoms with Crippen molar-refractivity contribution in [3.05, 3.63) is 0 Å². The van der Waals surface area contributed by atoms with Gasteiger partial charge >= 0.3 is 0 Å². The summed E-state index contributed by atoms with van der Waals surface area (Å²) in [5.74, 6) is 0. The first-order valence-electron chi connectivity index (χ1n) is 5.71. The first kappa shape index (κ1) is 14.8. The van der Waals surface area contributed by atoms with E-state index in [1.807, 2.05) is 0 Å². The Labute approximate surface area is 92.2 Å². The summed E-state index contributed by atoms with van der Waals surface area (Å²) in [6, 6.07) is 0. The summed E-state index contributed by atoms with van der Waals surface area (Å²) < 4.78 is 10.5. The van der Waals surface area contributed by atoms with Gasteiger partial charge < -0.3 is 19.7 Å². The Morgan fingerprint density at radius 3 is 2.00 bits per heavy atom. The van der Waals surface area contributed by atoms with Crippen LogP contribution in [0.25, 0.3) is 0 Å². The minimum Gasteiger partial charge on any atom is -0.396 e. The molecule has 0 saturated heterocycles. The van der Waals surface area contributed by atoms with E-state index in [0.717, 1.165) is 38.9 Å². The average molecular weight is 220 g/mol. The van der Waals surface area contributed by atoms with Crippen LogP contribution in [0, 0.1) is 0 Å². The number of aliphatic hydroxyl groups excluding tert-OH is 2. The van der Waals surface area contributed by atoms with Gasteiger partial charge in [0, 0.05) is 26.4 Å². The van der Waals surface area contributed by atoms with E-state index in [9.17, 15) is 0 Å². The zero-order valence-corrected chi connectivity index (χ0v) is 9.65. The van der Waals surface area contributed by atoms with Crippen LogP contribution in [0.15, 0.2) is 0 Å². The molecule has 1 atom stereocenters. The lowest BCUT2D eigenvalue weighted by Gasteiger charge is -2.06. The maximum Gasteiger partial charge on any atom is 0.0745 e. The molecule has 0 rings (SSSR count). The monoisotopic (exact) mass is 220 g/mol. The van der Waals surface area contributed by atoms with Gasteiger partial charge in [-0.3, -0.25) is 0 Å². The molecule has 1 unspecified atom stereocenters. The highest BCUT2D eigenvalue weighted by molar-refractivity contribution is 4.43. The van der Waals surface area contributed by atoms with Gasteiger partial charge in [0.25, 0.3) is 0 Å². The van der Waals surface area contributed by atoms with Crippen LogP contribution < -0.4 is 0 Å². The van der Waals surface area contributed by atoms with Crippen LogP contribution in [0.3, 0.4) is 0 Å². The normalized spacial score (nSPS) is 13.0. The van der Waals surface area contributed by atoms with E-state index < -0.39 is 0 Å². The molecule has 0 heterocycles. The molecular formula is C11H24O4. The van der Waals surface area contributed by atoms with Gasteiger partial charge in [0.05, 0.1) is 12.7 Å². The standard InChI is InChI=1S/C11H24O4/c1-11(13)10-15-9-5-4-8-14-7-3-2-6-12/h11-13H,2-10H2,1H3. The lowest BCUT2D eigenvalue weighted by atomic mass is 10.3. The predicted octanol–water partition coefficient (Wildman–Crippen LogP) is 0.953. The topological polar surface area (TPSA) is 58.9 Å². The van der Waals surface area contributed by atoms with Gasteiger partial charge in [-0.05, 0) is 32.6 Å². The van der Waals surface area contributed by atoms with Crippen LogP contribution in [0.4, 0.5) is 0 Å². The lowest BCUT2D eigenvalue weighted by molar-refractivity contribution is 0.0406. The van der Waals surface area contributed by atoms with Crippen molar-refractivity contribution in [3.63, 3.8) is 0 Å². The molecule has 0 aliphatic carbocycles. The van der Waals surface area contributed by atoms with Crippen molar-refractivity contribution in [2.24, 2.45) is 0 Å². The van der Waals surface area contributed by atoms with Crippen molar-refractivity contribution in [2.45, 2.75) is 38.7 Å². The number of unbranched alkanes of at least 4 members (excludes halogenated alkanes) is 2. The molecule has 0 aromatic heterocycles. The molecule has 0 radical (unpaired) electrons. The summed E-state index contributed by atoms with van der Waals surface area (Å²) in [5, 5.41) is 17.4. The molecule has 4 nitrogen and oxygen atoms in total. The third-order valence-corrected chi connectivity index (χ3v) is 1.88. The Bertz CT molecular complexity index is 117. The van der Waals surface area contributed by atoms with E-state index >= 15 is 0 Å². The molecule has 0 bridgehead atoms. The minimum absolute atomic E-state index is 0.247. The number of aliphatic hydroxyl groups is 2. The molecule has 15 heavy (non-hydrogen) atoms. The third kappa shape index (κ3) is 13.8. The molecule has 0 aromatic carbocycles. The molecule has 2 N–H and O–H groups in total. The van der Waals surface area contributed by atoms with Gasteiger partial charge in [-0.1, -0.05) is 0 Å². The first-order chi connectivity index (χ1) is 7.27. The Balaban J connectivity index is 2.87.